The number of aliphatic carboxylic acids is 1. The van der Waals surface area contributed by atoms with Gasteiger partial charge >= 0.3 is 6.03 Å². The lowest BCUT2D eigenvalue weighted by atomic mass is 10.6. The second-order valence-corrected chi connectivity index (χ2v) is 1.83. The van der Waals surface area contributed by atoms with Crippen molar-refractivity contribution in [2.24, 2.45) is 11.5 Å². The van der Waals surface area contributed by atoms with Gasteiger partial charge in [-0.3, -0.25) is 4.79 Å². The highest BCUT2D eigenvalue weighted by molar-refractivity contribution is 5.72. The number of carboxylic acid groups (broad SMARTS) is 1. The van der Waals surface area contributed by atoms with E-state index < -0.39 is 12.0 Å². The molecule has 2 amide bonds. The molecule has 6 nitrogen and oxygen atoms in total. The molecule has 12 heavy (non-hydrogen) atoms. The van der Waals surface area contributed by atoms with E-state index in [0.717, 1.165) is 6.92 Å². The van der Waals surface area contributed by atoms with Gasteiger partial charge in [-0.05, 0) is 13.8 Å². The van der Waals surface area contributed by atoms with E-state index >= 15 is 0 Å². The van der Waals surface area contributed by atoms with Gasteiger partial charge in [-0.25, -0.2) is 4.79 Å². The van der Waals surface area contributed by atoms with Crippen LogP contribution < -0.4 is 11.5 Å². The van der Waals surface area contributed by atoms with Crippen LogP contribution in [0.15, 0.2) is 0 Å². The maximum absolute atomic E-state index is 9.44. The number of rotatable bonds is 0. The molecule has 0 aliphatic carbocycles. The number of Topliss-reactive ketones (excluding diaryl/α,β-unsaturated/α-hetero) is 1. The lowest BCUT2D eigenvalue weighted by molar-refractivity contribution is -0.134. The fourth-order valence-corrected chi connectivity index (χ4v) is 0. The van der Waals surface area contributed by atoms with Crippen molar-refractivity contribution in [1.82, 2.24) is 0 Å². The van der Waals surface area contributed by atoms with Gasteiger partial charge in [0, 0.05) is 6.92 Å². The number of hydrogen-bond acceptors (Lipinski definition) is 3. The molecule has 0 fully saturated rings. The Morgan fingerprint density at radius 3 is 1.00 bits per heavy atom. The van der Waals surface area contributed by atoms with Gasteiger partial charge in [0.05, 0.1) is 0 Å². The van der Waals surface area contributed by atoms with Gasteiger partial charge in [0.1, 0.15) is 5.78 Å². The molecule has 0 aromatic carbocycles. The molecule has 0 atom stereocenters. The summed E-state index contributed by atoms with van der Waals surface area (Å²) >= 11 is 0. The van der Waals surface area contributed by atoms with E-state index in [9.17, 15) is 4.79 Å². The smallest absolute Gasteiger partial charge is 0.309 e. The first-order chi connectivity index (χ1) is 5.20. The van der Waals surface area contributed by atoms with Crippen molar-refractivity contribution in [1.29, 1.82) is 0 Å². The summed E-state index contributed by atoms with van der Waals surface area (Å²) in [5.41, 5.74) is 8.50. The Morgan fingerprint density at radius 2 is 1.00 bits per heavy atom. The van der Waals surface area contributed by atoms with E-state index in [1.807, 2.05) is 0 Å². The second-order valence-electron chi connectivity index (χ2n) is 1.83. The van der Waals surface area contributed by atoms with Crippen molar-refractivity contribution in [3.63, 3.8) is 0 Å². The third kappa shape index (κ3) is 183. The number of carbonyl (C=O) groups excluding carboxylic acids is 2. The van der Waals surface area contributed by atoms with Crippen molar-refractivity contribution in [2.75, 3.05) is 0 Å². The molecular weight excluding hydrogens is 164 g/mol. The first kappa shape index (κ1) is 16.8. The number of nitrogens with two attached hydrogens (primary N) is 2. The number of carboxylic acids is 1. The van der Waals surface area contributed by atoms with Crippen molar-refractivity contribution in [2.45, 2.75) is 20.8 Å². The number of carbonyl (C=O) groups is 3. The molecule has 0 unspecified atom stereocenters. The minimum absolute atomic E-state index is 0.167. The fraction of sp³-hybridized carbons (Fsp3) is 0.500. The monoisotopic (exact) mass is 178 g/mol. The predicted molar refractivity (Wildman–Crippen MR) is 43.4 cm³/mol. The topological polar surface area (TPSA) is 123 Å². The average Bonchev–Trinajstić information content (AvgIpc) is 1.54. The summed E-state index contributed by atoms with van der Waals surface area (Å²) in [7, 11) is 0. The molecule has 0 aliphatic rings. The summed E-state index contributed by atoms with van der Waals surface area (Å²) < 4.78 is 0. The number of urea groups is 1. The van der Waals surface area contributed by atoms with Crippen molar-refractivity contribution >= 4 is 17.8 Å². The molecule has 0 radical (unpaired) electrons. The van der Waals surface area contributed by atoms with Crippen LogP contribution in [0.25, 0.3) is 0 Å². The standard InChI is InChI=1S/C3H6O.C2H4O2.CH4N2O/c1-3(2)4;1-2(3)4;2-1(3)4/h1-2H3;1H3,(H,3,4);(H4,2,3,4). The Bertz CT molecular complexity index is 115. The number of primary amides is 2. The third-order valence-corrected chi connectivity index (χ3v) is 0. The zero-order valence-corrected chi connectivity index (χ0v) is 7.33. The summed E-state index contributed by atoms with van der Waals surface area (Å²) in [5.74, 6) is -0.667. The normalized spacial score (nSPS) is 6.25. The van der Waals surface area contributed by atoms with Crippen LogP contribution in [-0.4, -0.2) is 22.9 Å². The molecule has 6 heteroatoms. The van der Waals surface area contributed by atoms with Crippen molar-refractivity contribution < 1.29 is 19.5 Å². The van der Waals surface area contributed by atoms with Gasteiger partial charge in [0.15, 0.2) is 0 Å². The molecule has 0 aromatic rings. The zero-order valence-electron chi connectivity index (χ0n) is 7.33. The van der Waals surface area contributed by atoms with Crippen molar-refractivity contribution in [3.05, 3.63) is 0 Å². The van der Waals surface area contributed by atoms with Gasteiger partial charge < -0.3 is 21.4 Å². The fourth-order valence-electron chi connectivity index (χ4n) is 0. The molecule has 0 spiro atoms. The van der Waals surface area contributed by atoms with Gasteiger partial charge in [0.25, 0.3) is 5.97 Å². The Kier molecular flexibility index (Phi) is 17.0. The predicted octanol–water partition coefficient (Wildman–Crippen LogP) is -0.290. The first-order valence-electron chi connectivity index (χ1n) is 2.91. The number of hydrogen-bond donors (Lipinski definition) is 3. The van der Waals surface area contributed by atoms with Gasteiger partial charge in [0.2, 0.25) is 0 Å². The van der Waals surface area contributed by atoms with Crippen LogP contribution in [0.2, 0.25) is 0 Å². The van der Waals surface area contributed by atoms with Gasteiger partial charge in [-0.2, -0.15) is 0 Å². The molecule has 72 valence electrons. The lowest BCUT2D eigenvalue weighted by Gasteiger charge is -1.62. The molecule has 0 aliphatic heterocycles. The van der Waals surface area contributed by atoms with E-state index in [0.29, 0.717) is 0 Å². The zero-order chi connectivity index (χ0) is 10.7. The molecule has 0 aromatic heterocycles. The van der Waals surface area contributed by atoms with Crippen LogP contribution in [0.1, 0.15) is 20.8 Å². The maximum atomic E-state index is 9.44. The first-order valence-corrected chi connectivity index (χ1v) is 2.91. The average molecular weight is 178 g/mol. The minimum atomic E-state index is -0.833. The second kappa shape index (κ2) is 12.1. The quantitative estimate of drug-likeness (QED) is 0.471. The summed E-state index contributed by atoms with van der Waals surface area (Å²) in [6.45, 7) is 4.14. The van der Waals surface area contributed by atoms with E-state index in [1.165, 1.54) is 13.8 Å². The Hall–Kier alpha value is -1.59. The van der Waals surface area contributed by atoms with Crippen LogP contribution in [0.3, 0.4) is 0 Å². The minimum Gasteiger partial charge on any atom is -0.481 e. The highest BCUT2D eigenvalue weighted by atomic mass is 16.4. The number of amides is 2. The van der Waals surface area contributed by atoms with Gasteiger partial charge in [-0.15, -0.1) is 0 Å². The molecule has 0 rings (SSSR count). The molecule has 0 heterocycles. The Morgan fingerprint density at radius 1 is 1.00 bits per heavy atom. The van der Waals surface area contributed by atoms with Crippen LogP contribution in [0.5, 0.6) is 0 Å². The van der Waals surface area contributed by atoms with Crippen LogP contribution in [0, 0.1) is 0 Å². The van der Waals surface area contributed by atoms with Crippen LogP contribution in [-0.2, 0) is 9.59 Å². The van der Waals surface area contributed by atoms with Crippen LogP contribution in [0.4, 0.5) is 4.79 Å². The summed E-state index contributed by atoms with van der Waals surface area (Å²) in [5, 5.41) is 7.42. The van der Waals surface area contributed by atoms with Crippen LogP contribution >= 0.6 is 0 Å². The maximum Gasteiger partial charge on any atom is 0.309 e. The highest BCUT2D eigenvalue weighted by Crippen LogP contribution is 1.50. The summed E-state index contributed by atoms with van der Waals surface area (Å²) in [6.07, 6.45) is 0. The van der Waals surface area contributed by atoms with Crippen molar-refractivity contribution in [3.8, 4) is 0 Å². The summed E-state index contributed by atoms with van der Waals surface area (Å²) in [4.78, 5) is 27.4. The molecule has 0 bridgehead atoms. The molecular formula is C6H14N2O4. The molecule has 0 saturated carbocycles. The lowest BCUT2D eigenvalue weighted by Crippen LogP contribution is -2.18. The number of ketones is 1. The molecule has 5 N–H and O–H groups in total. The highest BCUT2D eigenvalue weighted by Gasteiger charge is 1.65. The Labute approximate surface area is 70.5 Å². The largest absolute Gasteiger partial charge is 0.481 e. The SMILES string of the molecule is CC(=O)O.CC(C)=O.NC(N)=O. The van der Waals surface area contributed by atoms with E-state index in [1.54, 1.807) is 0 Å². The molecule has 0 saturated heterocycles. The summed E-state index contributed by atoms with van der Waals surface area (Å²) in [6, 6.07) is -0.833. The van der Waals surface area contributed by atoms with E-state index in [-0.39, 0.29) is 5.78 Å². The Balaban J connectivity index is -0.000000101. The van der Waals surface area contributed by atoms with E-state index in [2.05, 4.69) is 11.5 Å². The van der Waals surface area contributed by atoms with E-state index in [4.69, 9.17) is 14.7 Å². The van der Waals surface area contributed by atoms with Gasteiger partial charge in [-0.1, -0.05) is 0 Å². The third-order valence-electron chi connectivity index (χ3n) is 0.